The Labute approximate surface area is 421 Å². The maximum atomic E-state index is 7.00. The first-order chi connectivity index (χ1) is 33.8. The summed E-state index contributed by atoms with van der Waals surface area (Å²) in [7, 11) is 0. The highest BCUT2D eigenvalue weighted by molar-refractivity contribution is 6.91. The van der Waals surface area contributed by atoms with Gasteiger partial charge >= 0.3 is 0 Å². The molecule has 0 radical (unpaired) electrons. The minimum absolute atomic E-state index is 0.0368. The lowest BCUT2D eigenvalue weighted by Crippen LogP contribution is -2.57. The maximum absolute atomic E-state index is 7.00. The van der Waals surface area contributed by atoms with Crippen LogP contribution in [0.3, 0.4) is 0 Å². The number of hydrogen-bond acceptors (Lipinski definition) is 3. The molecule has 1 atom stereocenters. The van der Waals surface area contributed by atoms with Crippen LogP contribution in [0.1, 0.15) is 112 Å². The van der Waals surface area contributed by atoms with Crippen LogP contribution in [-0.4, -0.2) is 11.3 Å². The molecule has 9 aromatic rings. The standard InChI is InChI=1S/C66H66BN3O/c1-63(2,3)42-25-30-46(31-26-42)68(47-32-27-43(28-33-47)64(4,5)6)48-34-35-52-55(40-48)69(54-36-29-44(65(7,8)9)37-51(54)41-19-14-13-15-20-41)56-38-45(66(10,11)12)39-57-60(56)67(52)53-23-18-22-50-59-49-21-16-17-24-58(49)71-62(59)70(57)61(50)53/h13-34,36-40,52H,35H2,1-12H3. The van der Waals surface area contributed by atoms with Crippen LogP contribution in [0, 0.1) is 0 Å². The number of allylic oxidation sites excluding steroid dienone is 3. The zero-order valence-electron chi connectivity index (χ0n) is 43.7. The largest absolute Gasteiger partial charge is 0.439 e. The van der Waals surface area contributed by atoms with Gasteiger partial charge in [-0.25, -0.2) is 0 Å². The summed E-state index contributed by atoms with van der Waals surface area (Å²) in [6.45, 7) is 27.9. The van der Waals surface area contributed by atoms with Gasteiger partial charge in [-0.3, -0.25) is 4.57 Å². The van der Waals surface area contributed by atoms with Crippen molar-refractivity contribution in [1.29, 1.82) is 0 Å². The Morgan fingerprint density at radius 1 is 0.535 bits per heavy atom. The van der Waals surface area contributed by atoms with Gasteiger partial charge in [0.05, 0.1) is 16.6 Å². The number of benzene rings is 7. The van der Waals surface area contributed by atoms with Crippen molar-refractivity contribution in [2.24, 2.45) is 0 Å². The van der Waals surface area contributed by atoms with Crippen LogP contribution in [0.25, 0.3) is 49.8 Å². The molecule has 4 nitrogen and oxygen atoms in total. The molecule has 3 aliphatic rings. The quantitative estimate of drug-likeness (QED) is 0.161. The Morgan fingerprint density at radius 2 is 1.11 bits per heavy atom. The van der Waals surface area contributed by atoms with Gasteiger partial charge in [-0.15, -0.1) is 0 Å². The Bertz CT molecular complexity index is 3590. The molecule has 7 aromatic carbocycles. The van der Waals surface area contributed by atoms with Crippen molar-refractivity contribution in [3.8, 4) is 16.8 Å². The molecule has 1 unspecified atom stereocenters. The Hall–Kier alpha value is -6.98. The highest BCUT2D eigenvalue weighted by Gasteiger charge is 2.49. The zero-order chi connectivity index (χ0) is 49.5. The second-order valence-corrected chi connectivity index (χ2v) is 24.7. The van der Waals surface area contributed by atoms with Crippen molar-refractivity contribution in [3.63, 3.8) is 0 Å². The number of anilines is 4. The lowest BCUT2D eigenvalue weighted by atomic mass is 9.29. The van der Waals surface area contributed by atoms with Gasteiger partial charge < -0.3 is 14.2 Å². The predicted molar refractivity (Wildman–Crippen MR) is 304 cm³/mol. The van der Waals surface area contributed by atoms with Gasteiger partial charge in [-0.05, 0) is 133 Å². The van der Waals surface area contributed by atoms with Gasteiger partial charge in [0.15, 0.2) is 0 Å². The van der Waals surface area contributed by atoms with E-state index in [4.69, 9.17) is 4.42 Å². The number of nitrogens with zero attached hydrogens (tertiary/aromatic N) is 3. The molecule has 0 N–H and O–H groups in total. The third-order valence-electron chi connectivity index (χ3n) is 15.8. The SMILES string of the molecule is CC(C)(C)c1ccc(N(C2=CCC3B4c5c(cc(C(C)(C)C)cc5-n5c6oc7ccccc7c6c6cccc4c65)N(c4ccc(C(C)(C)C)cc4-c4ccccc4)C3=C2)c2ccc(C(C)(C)C)cc2)cc1. The van der Waals surface area contributed by atoms with Crippen molar-refractivity contribution in [1.82, 2.24) is 4.57 Å². The molecule has 0 fully saturated rings. The number of para-hydroxylation sites is 2. The summed E-state index contributed by atoms with van der Waals surface area (Å²) in [4.78, 5) is 5.19. The third kappa shape index (κ3) is 7.24. The van der Waals surface area contributed by atoms with Gasteiger partial charge in [-0.2, -0.15) is 0 Å². The van der Waals surface area contributed by atoms with Crippen LogP contribution < -0.4 is 20.7 Å². The van der Waals surface area contributed by atoms with Gasteiger partial charge in [0.25, 0.3) is 0 Å². The Morgan fingerprint density at radius 3 is 1.75 bits per heavy atom. The summed E-state index contributed by atoms with van der Waals surface area (Å²) >= 11 is 0. The van der Waals surface area contributed by atoms with Gasteiger partial charge in [0.2, 0.25) is 12.4 Å². The van der Waals surface area contributed by atoms with E-state index in [9.17, 15) is 0 Å². The molecule has 71 heavy (non-hydrogen) atoms. The Balaban J connectivity index is 1.17. The van der Waals surface area contributed by atoms with E-state index in [2.05, 4.69) is 261 Å². The van der Waals surface area contributed by atoms with E-state index in [1.165, 1.54) is 89.1 Å². The summed E-state index contributed by atoms with van der Waals surface area (Å²) < 4.78 is 9.49. The normalized spacial score (nSPS) is 15.8. The van der Waals surface area contributed by atoms with E-state index in [0.29, 0.717) is 0 Å². The molecular weight excluding hydrogens is 862 g/mol. The van der Waals surface area contributed by atoms with Crippen LogP contribution in [0.5, 0.6) is 0 Å². The average Bonchev–Trinajstić information content (AvgIpc) is 3.88. The first kappa shape index (κ1) is 45.2. The number of rotatable bonds is 5. The van der Waals surface area contributed by atoms with Crippen molar-refractivity contribution in [2.75, 3.05) is 9.80 Å². The topological polar surface area (TPSA) is 24.6 Å². The molecule has 5 heteroatoms. The third-order valence-corrected chi connectivity index (χ3v) is 15.8. The molecule has 0 spiro atoms. The fourth-order valence-corrected chi connectivity index (χ4v) is 11.9. The minimum Gasteiger partial charge on any atom is -0.439 e. The van der Waals surface area contributed by atoms with Gasteiger partial charge in [0, 0.05) is 50.5 Å². The smallest absolute Gasteiger partial charge is 0.226 e. The summed E-state index contributed by atoms with van der Waals surface area (Å²) in [5, 5.41) is 3.61. The lowest BCUT2D eigenvalue weighted by molar-refractivity contribution is 0.589. The highest BCUT2D eigenvalue weighted by Crippen LogP contribution is 2.53. The van der Waals surface area contributed by atoms with Crippen LogP contribution in [0.4, 0.5) is 22.7 Å². The van der Waals surface area contributed by atoms with Crippen LogP contribution >= 0.6 is 0 Å². The summed E-state index contributed by atoms with van der Waals surface area (Å²) in [5.41, 5.74) is 21.8. The van der Waals surface area contributed by atoms with Gasteiger partial charge in [0.1, 0.15) is 5.58 Å². The highest BCUT2D eigenvalue weighted by atomic mass is 16.3. The zero-order valence-corrected chi connectivity index (χ0v) is 43.7. The molecule has 0 amide bonds. The monoisotopic (exact) mass is 928 g/mol. The minimum atomic E-state index is -0.153. The van der Waals surface area contributed by atoms with Crippen molar-refractivity contribution >= 4 is 73.4 Å². The fraction of sp³-hybridized carbons (Fsp3) is 0.273. The number of furan rings is 1. The van der Waals surface area contributed by atoms with Crippen LogP contribution in [0.15, 0.2) is 180 Å². The van der Waals surface area contributed by atoms with E-state index in [0.717, 1.165) is 34.5 Å². The van der Waals surface area contributed by atoms with Crippen LogP contribution in [0.2, 0.25) is 5.82 Å². The predicted octanol–water partition coefficient (Wildman–Crippen LogP) is 16.8. The first-order valence-electron chi connectivity index (χ1n) is 25.8. The molecule has 0 saturated carbocycles. The fourth-order valence-electron chi connectivity index (χ4n) is 11.9. The number of aromatic nitrogens is 1. The molecule has 2 aliphatic heterocycles. The lowest BCUT2D eigenvalue weighted by Gasteiger charge is -2.47. The summed E-state index contributed by atoms with van der Waals surface area (Å²) in [5.74, 6) is 0.127. The second kappa shape index (κ2) is 15.8. The second-order valence-electron chi connectivity index (χ2n) is 24.7. The van der Waals surface area contributed by atoms with Crippen LogP contribution in [-0.2, 0) is 21.7 Å². The van der Waals surface area contributed by atoms with E-state index >= 15 is 0 Å². The maximum Gasteiger partial charge on any atom is 0.226 e. The number of hydrogen-bond donors (Lipinski definition) is 0. The average molecular weight is 928 g/mol. The van der Waals surface area contributed by atoms with E-state index < -0.39 is 0 Å². The van der Waals surface area contributed by atoms with Crippen molar-refractivity contribution in [3.05, 3.63) is 197 Å². The Kier molecular flexibility index (Phi) is 10.0. The molecule has 2 aromatic heterocycles. The number of fused-ring (bicyclic) bond motifs is 9. The molecule has 0 bridgehead atoms. The first-order valence-corrected chi connectivity index (χ1v) is 25.8. The molecule has 354 valence electrons. The summed E-state index contributed by atoms with van der Waals surface area (Å²) in [6.07, 6.45) is 5.94. The molecule has 4 heterocycles. The molecule has 12 rings (SSSR count). The van der Waals surface area contributed by atoms with E-state index in [-0.39, 0.29) is 34.2 Å². The van der Waals surface area contributed by atoms with E-state index in [1.54, 1.807) is 0 Å². The van der Waals surface area contributed by atoms with Gasteiger partial charge in [-0.1, -0.05) is 186 Å². The van der Waals surface area contributed by atoms with Crippen molar-refractivity contribution < 1.29 is 4.42 Å². The molecular formula is C66H66BN3O. The van der Waals surface area contributed by atoms with Crippen molar-refractivity contribution in [2.45, 2.75) is 117 Å². The molecule has 0 saturated heterocycles. The molecule has 1 aliphatic carbocycles. The van der Waals surface area contributed by atoms with E-state index in [1.807, 2.05) is 0 Å². The summed E-state index contributed by atoms with van der Waals surface area (Å²) in [6, 6.07) is 57.6.